The van der Waals surface area contributed by atoms with Gasteiger partial charge in [-0.2, -0.15) is 4.57 Å². The van der Waals surface area contributed by atoms with Crippen LogP contribution >= 0.6 is 19.2 Å². The Morgan fingerprint density at radius 3 is 2.08 bits per heavy atom. The molecule has 0 aliphatic carbocycles. The number of ether oxygens (including phenoxy) is 1. The quantitative estimate of drug-likeness (QED) is 0.0720. The van der Waals surface area contributed by atoms with Gasteiger partial charge in [0, 0.05) is 5.56 Å². The minimum absolute atomic E-state index is 0.266. The van der Waals surface area contributed by atoms with E-state index in [0.717, 1.165) is 28.5 Å². The smallest absolute Gasteiger partial charge is 0.494 e. The molecule has 0 spiro atoms. The third kappa shape index (κ3) is 10.3. The van der Waals surface area contributed by atoms with Crippen LogP contribution in [0.2, 0.25) is 0 Å². The van der Waals surface area contributed by atoms with E-state index in [1.165, 1.54) is 57.8 Å². The Kier molecular flexibility index (Phi) is 11.9. The first-order chi connectivity index (χ1) is 19.5. The maximum Gasteiger partial charge on any atom is 0.584 e. The van der Waals surface area contributed by atoms with E-state index in [1.54, 1.807) is 41.7 Å². The molecule has 6 nitrogen and oxygen atoms in total. The molecule has 3 aromatic carbocycles. The highest BCUT2D eigenvalue weighted by Crippen LogP contribution is 2.45. The molecule has 214 valence electrons. The molecular weight excluding hydrogens is 541 g/mol. The van der Waals surface area contributed by atoms with Gasteiger partial charge in [-0.05, 0) is 53.6 Å². The Hall–Kier alpha value is -2.86. The number of thiazole rings is 1. The Labute approximate surface area is 242 Å². The number of hydrogen-bond donors (Lipinski definition) is 1. The van der Waals surface area contributed by atoms with Crippen LogP contribution in [0.3, 0.4) is 0 Å². The minimum atomic E-state index is -4.38. The molecule has 1 N–H and O–H groups in total. The molecule has 0 bridgehead atoms. The molecule has 1 unspecified atom stereocenters. The van der Waals surface area contributed by atoms with Crippen molar-refractivity contribution in [3.63, 3.8) is 0 Å². The van der Waals surface area contributed by atoms with E-state index < -0.39 is 7.82 Å². The summed E-state index contributed by atoms with van der Waals surface area (Å²) in [5.74, 6) is 1.38. The number of phosphoric acid groups is 1. The van der Waals surface area contributed by atoms with E-state index in [9.17, 15) is 9.46 Å². The number of fused-ring (bicyclic) bond motifs is 1. The van der Waals surface area contributed by atoms with Gasteiger partial charge in [-0.1, -0.05) is 100 Å². The number of phosphoric ester groups is 1. The van der Waals surface area contributed by atoms with Crippen LogP contribution in [0.5, 0.6) is 17.2 Å². The average molecular weight is 583 g/mol. The lowest BCUT2D eigenvalue weighted by Crippen LogP contribution is -2.30. The molecule has 1 heterocycles. The number of nitrogens with zero attached hydrogens (tertiary/aromatic N) is 1. The predicted octanol–water partition coefficient (Wildman–Crippen LogP) is 9.10. The van der Waals surface area contributed by atoms with Crippen molar-refractivity contribution in [2.75, 3.05) is 6.61 Å². The first-order valence-electron chi connectivity index (χ1n) is 14.4. The summed E-state index contributed by atoms with van der Waals surface area (Å²) in [4.78, 5) is 10.4. The van der Waals surface area contributed by atoms with Gasteiger partial charge in [-0.15, -0.1) is 0 Å². The summed E-state index contributed by atoms with van der Waals surface area (Å²) < 4.78 is 31.5. The number of rotatable bonds is 18. The number of benzene rings is 3. The van der Waals surface area contributed by atoms with Crippen molar-refractivity contribution < 1.29 is 27.8 Å². The van der Waals surface area contributed by atoms with E-state index in [-0.39, 0.29) is 11.5 Å². The molecule has 0 saturated heterocycles. The molecule has 0 saturated carbocycles. The van der Waals surface area contributed by atoms with E-state index in [0.29, 0.717) is 13.2 Å². The third-order valence-electron chi connectivity index (χ3n) is 6.78. The maximum absolute atomic E-state index is 12.7. The Bertz CT molecular complexity index is 1360. The zero-order valence-electron chi connectivity index (χ0n) is 23.4. The molecular formula is C32H41NO5PS+. The highest BCUT2D eigenvalue weighted by molar-refractivity contribution is 7.48. The molecule has 0 radical (unpaired) electrons. The molecule has 0 aliphatic rings. The number of unbranched alkanes of at least 4 members (excludes halogenated alkanes) is 9. The summed E-state index contributed by atoms with van der Waals surface area (Å²) in [6, 6.07) is 18.2. The fraction of sp³-hybridized carbons (Fsp3) is 0.406. The zero-order valence-corrected chi connectivity index (χ0v) is 25.1. The van der Waals surface area contributed by atoms with Gasteiger partial charge in [0.15, 0.2) is 12.7 Å². The Morgan fingerprint density at radius 2 is 1.40 bits per heavy atom. The third-order valence-corrected chi connectivity index (χ3v) is 8.34. The van der Waals surface area contributed by atoms with Crippen molar-refractivity contribution in [3.8, 4) is 17.2 Å². The predicted molar refractivity (Wildman–Crippen MR) is 162 cm³/mol. The number of aromatic nitrogens is 1. The summed E-state index contributed by atoms with van der Waals surface area (Å²) in [7, 11) is -4.38. The van der Waals surface area contributed by atoms with Crippen molar-refractivity contribution in [1.82, 2.24) is 0 Å². The van der Waals surface area contributed by atoms with Gasteiger partial charge < -0.3 is 13.8 Å². The molecule has 0 aliphatic heterocycles. The van der Waals surface area contributed by atoms with Gasteiger partial charge in [0.25, 0.3) is 0 Å². The van der Waals surface area contributed by atoms with E-state index in [2.05, 4.69) is 6.92 Å². The van der Waals surface area contributed by atoms with E-state index in [4.69, 9.17) is 13.8 Å². The maximum atomic E-state index is 12.7. The summed E-state index contributed by atoms with van der Waals surface area (Å²) >= 11 is 1.60. The van der Waals surface area contributed by atoms with Crippen molar-refractivity contribution in [3.05, 3.63) is 83.3 Å². The van der Waals surface area contributed by atoms with Gasteiger partial charge in [0.05, 0.1) is 12.0 Å². The van der Waals surface area contributed by atoms with Crippen LogP contribution in [0.4, 0.5) is 0 Å². The largest absolute Gasteiger partial charge is 0.584 e. The van der Waals surface area contributed by atoms with Crippen LogP contribution in [-0.4, -0.2) is 11.5 Å². The Balaban J connectivity index is 1.21. The van der Waals surface area contributed by atoms with Crippen LogP contribution in [0.1, 0.15) is 76.7 Å². The average Bonchev–Trinajstić information content (AvgIpc) is 3.44. The molecule has 8 heteroatoms. The second-order valence-corrected chi connectivity index (χ2v) is 12.3. The first-order valence-corrected chi connectivity index (χ1v) is 16.8. The summed E-state index contributed by atoms with van der Waals surface area (Å²) in [6.07, 6.45) is 15.0. The SMILES string of the molecule is CCCCCCCCCCCCOc1ccc2cc(OP(=O)(O)Oc3cccc(C[n+]4ccsc4)c3)ccc2c1. The van der Waals surface area contributed by atoms with Crippen molar-refractivity contribution in [2.45, 2.75) is 77.7 Å². The van der Waals surface area contributed by atoms with Crippen LogP contribution in [0.15, 0.2) is 77.8 Å². The van der Waals surface area contributed by atoms with Gasteiger partial charge in [0.2, 0.25) is 5.51 Å². The van der Waals surface area contributed by atoms with Crippen LogP contribution in [0, 0.1) is 0 Å². The highest BCUT2D eigenvalue weighted by atomic mass is 32.1. The summed E-state index contributed by atoms with van der Waals surface area (Å²) in [5.41, 5.74) is 2.96. The topological polar surface area (TPSA) is 68.9 Å². The standard InChI is InChI=1S/C32H40NO5PS/c1-2-3-4-5-6-7-8-9-10-11-20-36-30-17-15-29-24-32(18-16-28(29)23-30)38-39(34,35)37-31-14-12-13-27(22-31)25-33-19-21-40-26-33/h12-19,21-24,26H,2-11,20,25H2,1H3/p+1. The zero-order chi connectivity index (χ0) is 28.0. The lowest BCUT2D eigenvalue weighted by molar-refractivity contribution is -0.683. The Morgan fingerprint density at radius 1 is 0.775 bits per heavy atom. The lowest BCUT2D eigenvalue weighted by atomic mass is 10.1. The molecule has 0 fully saturated rings. The molecule has 4 rings (SSSR count). The highest BCUT2D eigenvalue weighted by Gasteiger charge is 2.25. The normalized spacial score (nSPS) is 12.8. The molecule has 0 amide bonds. The summed E-state index contributed by atoms with van der Waals surface area (Å²) in [5, 5.41) is 3.85. The molecule has 1 aromatic heterocycles. The van der Waals surface area contributed by atoms with Crippen molar-refractivity contribution >= 4 is 29.9 Å². The second kappa shape index (κ2) is 15.8. The number of hydrogen-bond acceptors (Lipinski definition) is 5. The monoisotopic (exact) mass is 582 g/mol. The van der Waals surface area contributed by atoms with Gasteiger partial charge in [-0.25, -0.2) is 4.57 Å². The van der Waals surface area contributed by atoms with Gasteiger partial charge in [-0.3, -0.25) is 4.89 Å². The van der Waals surface area contributed by atoms with Crippen molar-refractivity contribution in [2.24, 2.45) is 0 Å². The van der Waals surface area contributed by atoms with Crippen LogP contribution < -0.4 is 18.4 Å². The molecule has 1 atom stereocenters. The lowest BCUT2D eigenvalue weighted by Gasteiger charge is -2.15. The van der Waals surface area contributed by atoms with E-state index >= 15 is 0 Å². The van der Waals surface area contributed by atoms with Gasteiger partial charge >= 0.3 is 7.82 Å². The van der Waals surface area contributed by atoms with Crippen LogP contribution in [0.25, 0.3) is 10.8 Å². The first kappa shape index (κ1) is 30.1. The van der Waals surface area contributed by atoms with Crippen LogP contribution in [-0.2, 0) is 11.1 Å². The fourth-order valence-corrected chi connectivity index (χ4v) is 6.07. The van der Waals surface area contributed by atoms with E-state index in [1.807, 2.05) is 52.0 Å². The second-order valence-electron chi connectivity index (χ2n) is 10.2. The molecule has 4 aromatic rings. The van der Waals surface area contributed by atoms with Crippen molar-refractivity contribution in [1.29, 1.82) is 0 Å². The minimum Gasteiger partial charge on any atom is -0.494 e. The van der Waals surface area contributed by atoms with Gasteiger partial charge in [0.1, 0.15) is 17.2 Å². The summed E-state index contributed by atoms with van der Waals surface area (Å²) in [6.45, 7) is 3.61. The molecule has 40 heavy (non-hydrogen) atoms. The fourth-order valence-electron chi connectivity index (χ4n) is 4.68.